The maximum absolute atomic E-state index is 13.0. The van der Waals surface area contributed by atoms with Gasteiger partial charge in [-0.2, -0.15) is 9.94 Å². The van der Waals surface area contributed by atoms with Gasteiger partial charge in [-0.15, -0.1) is 5.10 Å². The molecule has 1 amide bonds. The molecule has 10 heteroatoms. The average molecular weight is 389 g/mol. The summed E-state index contributed by atoms with van der Waals surface area (Å²) in [6.07, 6.45) is 0.0408. The number of hydrogen-bond acceptors (Lipinski definition) is 5. The van der Waals surface area contributed by atoms with Crippen molar-refractivity contribution in [1.82, 2.24) is 24.1 Å². The lowest BCUT2D eigenvalue weighted by molar-refractivity contribution is -0.121. The predicted octanol–water partition coefficient (Wildman–Crippen LogP) is 0.903. The van der Waals surface area contributed by atoms with E-state index in [1.54, 1.807) is 12.1 Å². The molecule has 0 fully saturated rings. The Hall–Kier alpha value is -3.12. The Morgan fingerprint density at radius 3 is 2.78 bits per heavy atom. The van der Waals surface area contributed by atoms with Crippen LogP contribution >= 0.6 is 11.6 Å². The molecule has 27 heavy (non-hydrogen) atoms. The van der Waals surface area contributed by atoms with Gasteiger partial charge in [-0.3, -0.25) is 14.2 Å². The van der Waals surface area contributed by atoms with E-state index in [4.69, 9.17) is 16.9 Å². The lowest BCUT2D eigenvalue weighted by atomic mass is 10.2. The number of aromatic nitrogens is 4. The Bertz CT molecular complexity index is 1200. The van der Waals surface area contributed by atoms with Crippen molar-refractivity contribution in [1.29, 1.82) is 5.26 Å². The number of nitriles is 1. The third-order valence-corrected chi connectivity index (χ3v) is 4.21. The number of halogens is 1. The van der Waals surface area contributed by atoms with E-state index in [1.807, 2.05) is 19.9 Å². The molecule has 1 N–H and O–H groups in total. The molecule has 0 aliphatic rings. The van der Waals surface area contributed by atoms with Crippen molar-refractivity contribution in [2.24, 2.45) is 0 Å². The van der Waals surface area contributed by atoms with Gasteiger partial charge in [0.1, 0.15) is 6.54 Å². The first kappa shape index (κ1) is 18.7. The molecule has 3 rings (SSSR count). The van der Waals surface area contributed by atoms with Gasteiger partial charge >= 0.3 is 5.69 Å². The third-order valence-electron chi connectivity index (χ3n) is 3.97. The minimum absolute atomic E-state index is 0.0258. The molecule has 140 valence electrons. The highest BCUT2D eigenvalue weighted by Crippen LogP contribution is 2.17. The summed E-state index contributed by atoms with van der Waals surface area (Å²) in [6, 6.07) is 6.43. The van der Waals surface area contributed by atoms with Gasteiger partial charge in [0.15, 0.2) is 0 Å². The number of fused-ring (bicyclic) bond motifs is 3. The van der Waals surface area contributed by atoms with E-state index in [0.29, 0.717) is 10.5 Å². The Morgan fingerprint density at radius 1 is 1.37 bits per heavy atom. The lowest BCUT2D eigenvalue weighted by Crippen LogP contribution is -2.32. The molecular formula is C17H17ClN6O3. The van der Waals surface area contributed by atoms with Gasteiger partial charge < -0.3 is 5.32 Å². The van der Waals surface area contributed by atoms with E-state index in [2.05, 4.69) is 10.4 Å². The van der Waals surface area contributed by atoms with Crippen LogP contribution in [0.25, 0.3) is 16.7 Å². The number of rotatable bonds is 5. The highest BCUT2D eigenvalue weighted by molar-refractivity contribution is 6.31. The number of amides is 1. The SMILES string of the molecule is CC(C)NC(=O)CCn1c(=O)c2cc(Cl)ccc2n2c(=O)n(CC#N)nc12. The Kier molecular flexibility index (Phi) is 5.01. The van der Waals surface area contributed by atoms with Crippen LogP contribution in [0.2, 0.25) is 5.02 Å². The summed E-state index contributed by atoms with van der Waals surface area (Å²) in [4.78, 5) is 37.6. The van der Waals surface area contributed by atoms with Crippen LogP contribution in [0.3, 0.4) is 0 Å². The van der Waals surface area contributed by atoms with E-state index in [1.165, 1.54) is 15.0 Å². The van der Waals surface area contributed by atoms with Gasteiger partial charge in [0, 0.05) is 24.0 Å². The molecular weight excluding hydrogens is 372 g/mol. The van der Waals surface area contributed by atoms with Crippen molar-refractivity contribution in [3.63, 3.8) is 0 Å². The van der Waals surface area contributed by atoms with Gasteiger partial charge in [-0.25, -0.2) is 9.20 Å². The van der Waals surface area contributed by atoms with Crippen molar-refractivity contribution in [2.75, 3.05) is 0 Å². The molecule has 2 heterocycles. The summed E-state index contributed by atoms with van der Waals surface area (Å²) < 4.78 is 3.49. The van der Waals surface area contributed by atoms with Crippen LogP contribution < -0.4 is 16.6 Å². The fourth-order valence-electron chi connectivity index (χ4n) is 2.87. The van der Waals surface area contributed by atoms with Crippen molar-refractivity contribution in [3.8, 4) is 6.07 Å². The van der Waals surface area contributed by atoms with Gasteiger partial charge in [0.2, 0.25) is 11.7 Å². The minimum Gasteiger partial charge on any atom is -0.354 e. The van der Waals surface area contributed by atoms with E-state index in [0.717, 1.165) is 4.68 Å². The quantitative estimate of drug-likeness (QED) is 0.697. The van der Waals surface area contributed by atoms with Crippen LogP contribution in [-0.2, 0) is 17.9 Å². The molecule has 0 atom stereocenters. The predicted molar refractivity (Wildman–Crippen MR) is 99.7 cm³/mol. The molecule has 2 aromatic heterocycles. The number of carbonyl (C=O) groups is 1. The molecule has 0 saturated carbocycles. The van der Waals surface area contributed by atoms with Crippen LogP contribution in [0.5, 0.6) is 0 Å². The number of aryl methyl sites for hydroxylation is 1. The summed E-state index contributed by atoms with van der Waals surface area (Å²) in [5, 5.41) is 16.4. The van der Waals surface area contributed by atoms with Gasteiger partial charge in [-0.05, 0) is 32.0 Å². The molecule has 9 nitrogen and oxygen atoms in total. The zero-order chi connectivity index (χ0) is 19.7. The Labute approximate surface area is 158 Å². The van der Waals surface area contributed by atoms with Crippen molar-refractivity contribution in [2.45, 2.75) is 39.4 Å². The van der Waals surface area contributed by atoms with E-state index in [-0.39, 0.29) is 42.6 Å². The summed E-state index contributed by atoms with van der Waals surface area (Å²) in [5.74, 6) is -0.146. The smallest absolute Gasteiger partial charge is 0.353 e. The van der Waals surface area contributed by atoms with Crippen LogP contribution in [0.4, 0.5) is 0 Å². The van der Waals surface area contributed by atoms with Crippen LogP contribution in [-0.4, -0.2) is 30.7 Å². The molecule has 0 spiro atoms. The monoisotopic (exact) mass is 388 g/mol. The van der Waals surface area contributed by atoms with Crippen LogP contribution in [0.15, 0.2) is 27.8 Å². The number of nitrogens with one attached hydrogen (secondary N) is 1. The van der Waals surface area contributed by atoms with Crippen molar-refractivity contribution < 1.29 is 4.79 Å². The first-order valence-electron chi connectivity index (χ1n) is 8.31. The summed E-state index contributed by atoms with van der Waals surface area (Å²) in [6.45, 7) is 3.46. The summed E-state index contributed by atoms with van der Waals surface area (Å²) in [5.41, 5.74) is -0.609. The highest BCUT2D eigenvalue weighted by atomic mass is 35.5. The number of carbonyl (C=O) groups excluding carboxylic acids is 1. The summed E-state index contributed by atoms with van der Waals surface area (Å²) in [7, 11) is 0. The zero-order valence-electron chi connectivity index (χ0n) is 14.8. The Morgan fingerprint density at radius 2 is 2.11 bits per heavy atom. The molecule has 0 aliphatic heterocycles. The molecule has 0 saturated heterocycles. The zero-order valence-corrected chi connectivity index (χ0v) is 15.5. The number of benzene rings is 1. The fraction of sp³-hybridized carbons (Fsp3) is 0.353. The maximum atomic E-state index is 13.0. The second-order valence-electron chi connectivity index (χ2n) is 6.32. The molecule has 0 unspecified atom stereocenters. The Balaban J connectivity index is 2.24. The molecule has 0 bridgehead atoms. The van der Waals surface area contributed by atoms with Crippen LogP contribution in [0, 0.1) is 11.3 Å². The summed E-state index contributed by atoms with van der Waals surface area (Å²) >= 11 is 6.01. The van der Waals surface area contributed by atoms with Crippen molar-refractivity contribution >= 4 is 34.2 Å². The molecule has 0 aliphatic carbocycles. The highest BCUT2D eigenvalue weighted by Gasteiger charge is 2.18. The fourth-order valence-corrected chi connectivity index (χ4v) is 3.04. The van der Waals surface area contributed by atoms with E-state index < -0.39 is 11.2 Å². The number of nitrogens with zero attached hydrogens (tertiary/aromatic N) is 5. The van der Waals surface area contributed by atoms with Crippen LogP contribution in [0.1, 0.15) is 20.3 Å². The largest absolute Gasteiger partial charge is 0.354 e. The second kappa shape index (κ2) is 7.25. The van der Waals surface area contributed by atoms with Gasteiger partial charge in [-0.1, -0.05) is 11.6 Å². The lowest BCUT2D eigenvalue weighted by Gasteiger charge is -2.11. The first-order chi connectivity index (χ1) is 12.8. The van der Waals surface area contributed by atoms with Gasteiger partial charge in [0.05, 0.1) is 17.0 Å². The minimum atomic E-state index is -0.542. The third kappa shape index (κ3) is 3.44. The van der Waals surface area contributed by atoms with Crippen molar-refractivity contribution in [3.05, 3.63) is 44.1 Å². The standard InChI is InChI=1S/C17H17ClN6O3/c1-10(2)20-14(25)5-7-22-15(26)12-9-11(18)3-4-13(12)24-16(22)21-23(8-6-19)17(24)27/h3-4,9-10H,5,7-8H2,1-2H3,(H,20,25). The normalized spacial score (nSPS) is 11.2. The topological polar surface area (TPSA) is 114 Å². The molecule has 1 aromatic carbocycles. The first-order valence-corrected chi connectivity index (χ1v) is 8.69. The number of hydrogen-bond donors (Lipinski definition) is 1. The van der Waals surface area contributed by atoms with Gasteiger partial charge in [0.25, 0.3) is 5.56 Å². The molecule has 3 aromatic rings. The van der Waals surface area contributed by atoms with E-state index in [9.17, 15) is 14.4 Å². The average Bonchev–Trinajstić information content (AvgIpc) is 2.91. The van der Waals surface area contributed by atoms with E-state index >= 15 is 0 Å². The second-order valence-corrected chi connectivity index (χ2v) is 6.76. The molecule has 0 radical (unpaired) electrons. The maximum Gasteiger partial charge on any atom is 0.353 e.